The molecule has 98 valence electrons. The number of hydrogen-bond acceptors (Lipinski definition) is 2. The van der Waals surface area contributed by atoms with E-state index in [-0.39, 0.29) is 18.4 Å². The van der Waals surface area contributed by atoms with Crippen LogP contribution in [0.1, 0.15) is 51.9 Å². The molecule has 0 atom stereocenters. The van der Waals surface area contributed by atoms with E-state index >= 15 is 0 Å². The molecule has 4 nitrogen and oxygen atoms in total. The lowest BCUT2D eigenvalue weighted by atomic mass is 10.2. The van der Waals surface area contributed by atoms with Gasteiger partial charge in [-0.05, 0) is 19.3 Å². The third kappa shape index (κ3) is 5.71. The van der Waals surface area contributed by atoms with Gasteiger partial charge in [0, 0.05) is 19.5 Å². The maximum atomic E-state index is 11.8. The highest BCUT2D eigenvalue weighted by molar-refractivity contribution is 5.84. The van der Waals surface area contributed by atoms with Crippen LogP contribution in [-0.2, 0) is 9.59 Å². The van der Waals surface area contributed by atoms with E-state index in [1.165, 1.54) is 12.8 Å². The van der Waals surface area contributed by atoms with Gasteiger partial charge < -0.3 is 10.2 Å². The monoisotopic (exact) mass is 240 g/mol. The molecule has 2 amide bonds. The molecular formula is C13H24N2O2. The van der Waals surface area contributed by atoms with Crippen molar-refractivity contribution >= 4 is 11.8 Å². The summed E-state index contributed by atoms with van der Waals surface area (Å²) in [6.07, 6.45) is 7.05. The van der Waals surface area contributed by atoms with E-state index in [2.05, 4.69) is 12.2 Å². The summed E-state index contributed by atoms with van der Waals surface area (Å²) in [5, 5.41) is 2.70. The highest BCUT2D eigenvalue weighted by atomic mass is 16.2. The summed E-state index contributed by atoms with van der Waals surface area (Å²) < 4.78 is 0. The normalized spacial score (nSPS) is 16.4. The number of rotatable bonds is 5. The van der Waals surface area contributed by atoms with Crippen LogP contribution in [0, 0.1) is 0 Å². The van der Waals surface area contributed by atoms with Crippen LogP contribution in [0.2, 0.25) is 0 Å². The van der Waals surface area contributed by atoms with E-state index in [0.29, 0.717) is 6.42 Å². The second-order valence-corrected chi connectivity index (χ2v) is 4.68. The Morgan fingerprint density at radius 2 is 1.76 bits per heavy atom. The first-order valence-electron chi connectivity index (χ1n) is 6.78. The first-order valence-corrected chi connectivity index (χ1v) is 6.78. The fourth-order valence-corrected chi connectivity index (χ4v) is 2.03. The van der Waals surface area contributed by atoms with Crippen molar-refractivity contribution in [3.8, 4) is 0 Å². The van der Waals surface area contributed by atoms with E-state index in [1.807, 2.05) is 4.90 Å². The molecule has 0 unspecified atom stereocenters. The van der Waals surface area contributed by atoms with Gasteiger partial charge in [-0.25, -0.2) is 0 Å². The van der Waals surface area contributed by atoms with Crippen molar-refractivity contribution in [1.82, 2.24) is 10.2 Å². The van der Waals surface area contributed by atoms with Gasteiger partial charge >= 0.3 is 0 Å². The molecule has 17 heavy (non-hydrogen) atoms. The third-order valence-corrected chi connectivity index (χ3v) is 3.15. The quantitative estimate of drug-likeness (QED) is 0.795. The molecule has 1 rings (SSSR count). The predicted molar refractivity (Wildman–Crippen MR) is 67.6 cm³/mol. The molecule has 1 saturated heterocycles. The molecule has 0 saturated carbocycles. The van der Waals surface area contributed by atoms with Crippen LogP contribution in [0.5, 0.6) is 0 Å². The molecule has 0 aliphatic carbocycles. The van der Waals surface area contributed by atoms with Gasteiger partial charge in [0.2, 0.25) is 11.8 Å². The SMILES string of the molecule is CCCCC(=O)NCC(=O)N1CCCCCC1. The first kappa shape index (κ1) is 14.0. The van der Waals surface area contributed by atoms with Gasteiger partial charge in [0.25, 0.3) is 0 Å². The van der Waals surface area contributed by atoms with Crippen molar-refractivity contribution in [1.29, 1.82) is 0 Å². The van der Waals surface area contributed by atoms with Gasteiger partial charge in [-0.2, -0.15) is 0 Å². The molecule has 1 aliphatic heterocycles. The largest absolute Gasteiger partial charge is 0.347 e. The van der Waals surface area contributed by atoms with E-state index in [9.17, 15) is 9.59 Å². The third-order valence-electron chi connectivity index (χ3n) is 3.15. The van der Waals surface area contributed by atoms with Crippen LogP contribution in [0.15, 0.2) is 0 Å². The van der Waals surface area contributed by atoms with Gasteiger partial charge in [-0.3, -0.25) is 9.59 Å². The van der Waals surface area contributed by atoms with Crippen LogP contribution >= 0.6 is 0 Å². The zero-order valence-corrected chi connectivity index (χ0v) is 10.8. The Hall–Kier alpha value is -1.06. The van der Waals surface area contributed by atoms with Crippen LogP contribution in [-0.4, -0.2) is 36.3 Å². The predicted octanol–water partition coefficient (Wildman–Crippen LogP) is 1.70. The van der Waals surface area contributed by atoms with Crippen LogP contribution in [0.25, 0.3) is 0 Å². The second kappa shape index (κ2) is 8.09. The van der Waals surface area contributed by atoms with Crippen molar-refractivity contribution in [3.63, 3.8) is 0 Å². The summed E-state index contributed by atoms with van der Waals surface area (Å²) in [5.41, 5.74) is 0. The van der Waals surface area contributed by atoms with Crippen molar-refractivity contribution in [2.75, 3.05) is 19.6 Å². The van der Waals surface area contributed by atoms with Crippen LogP contribution in [0.3, 0.4) is 0 Å². The highest BCUT2D eigenvalue weighted by Crippen LogP contribution is 2.09. The lowest BCUT2D eigenvalue weighted by Gasteiger charge is -2.20. The average Bonchev–Trinajstić information content (AvgIpc) is 2.62. The Kier molecular flexibility index (Phi) is 6.67. The minimum atomic E-state index is -0.00461. The zero-order chi connectivity index (χ0) is 12.5. The number of carbonyl (C=O) groups is 2. The van der Waals surface area contributed by atoms with Gasteiger partial charge in [0.05, 0.1) is 6.54 Å². The Balaban J connectivity index is 2.21. The number of carbonyl (C=O) groups excluding carboxylic acids is 2. The summed E-state index contributed by atoms with van der Waals surface area (Å²) in [4.78, 5) is 25.1. The van der Waals surface area contributed by atoms with Crippen molar-refractivity contribution < 1.29 is 9.59 Å². The van der Waals surface area contributed by atoms with Gasteiger partial charge in [-0.15, -0.1) is 0 Å². The Labute approximate surface area is 104 Å². The molecule has 1 fully saturated rings. The molecular weight excluding hydrogens is 216 g/mol. The minimum absolute atomic E-state index is 0.00461. The van der Waals surface area contributed by atoms with Gasteiger partial charge in [0.1, 0.15) is 0 Å². The molecule has 1 aliphatic rings. The lowest BCUT2D eigenvalue weighted by Crippen LogP contribution is -2.40. The number of amides is 2. The molecule has 0 radical (unpaired) electrons. The Morgan fingerprint density at radius 1 is 1.12 bits per heavy atom. The van der Waals surface area contributed by atoms with Gasteiger partial charge in [-0.1, -0.05) is 26.2 Å². The Morgan fingerprint density at radius 3 is 2.35 bits per heavy atom. The van der Waals surface area contributed by atoms with Crippen molar-refractivity contribution in [3.05, 3.63) is 0 Å². The molecule has 4 heteroatoms. The molecule has 0 bridgehead atoms. The smallest absolute Gasteiger partial charge is 0.241 e. The molecule has 0 spiro atoms. The fraction of sp³-hybridized carbons (Fsp3) is 0.846. The zero-order valence-electron chi connectivity index (χ0n) is 10.8. The van der Waals surface area contributed by atoms with Crippen LogP contribution < -0.4 is 5.32 Å². The summed E-state index contributed by atoms with van der Waals surface area (Å²) in [5.74, 6) is 0.0618. The van der Waals surface area contributed by atoms with Gasteiger partial charge in [0.15, 0.2) is 0 Å². The summed E-state index contributed by atoms with van der Waals surface area (Å²) in [7, 11) is 0. The average molecular weight is 240 g/mol. The maximum Gasteiger partial charge on any atom is 0.241 e. The molecule has 1 heterocycles. The van der Waals surface area contributed by atoms with Crippen LogP contribution in [0.4, 0.5) is 0 Å². The topological polar surface area (TPSA) is 49.4 Å². The van der Waals surface area contributed by atoms with E-state index in [1.54, 1.807) is 0 Å². The van der Waals surface area contributed by atoms with E-state index in [4.69, 9.17) is 0 Å². The number of hydrogen-bond donors (Lipinski definition) is 1. The van der Waals surface area contributed by atoms with Crippen molar-refractivity contribution in [2.24, 2.45) is 0 Å². The first-order chi connectivity index (χ1) is 8.24. The highest BCUT2D eigenvalue weighted by Gasteiger charge is 2.15. The Bertz CT molecular complexity index is 246. The minimum Gasteiger partial charge on any atom is -0.347 e. The molecule has 1 N–H and O–H groups in total. The number of likely N-dealkylation sites (tertiary alicyclic amines) is 1. The number of nitrogens with one attached hydrogen (secondary N) is 1. The second-order valence-electron chi connectivity index (χ2n) is 4.68. The van der Waals surface area contributed by atoms with E-state index in [0.717, 1.165) is 38.8 Å². The summed E-state index contributed by atoms with van der Waals surface area (Å²) in [6, 6.07) is 0. The molecule has 0 aromatic rings. The van der Waals surface area contributed by atoms with E-state index < -0.39 is 0 Å². The lowest BCUT2D eigenvalue weighted by molar-refractivity contribution is -0.132. The molecule has 0 aromatic heterocycles. The summed E-state index contributed by atoms with van der Waals surface area (Å²) in [6.45, 7) is 3.92. The fourth-order valence-electron chi connectivity index (χ4n) is 2.03. The maximum absolute atomic E-state index is 11.8. The number of unbranched alkanes of at least 4 members (excludes halogenated alkanes) is 1. The molecule has 0 aromatic carbocycles. The number of nitrogens with zero attached hydrogens (tertiary/aromatic N) is 1. The van der Waals surface area contributed by atoms with Crippen molar-refractivity contribution in [2.45, 2.75) is 51.9 Å². The standard InChI is InChI=1S/C13H24N2O2/c1-2-3-8-12(16)14-11-13(17)15-9-6-4-5-7-10-15/h2-11H2,1H3,(H,14,16). The summed E-state index contributed by atoms with van der Waals surface area (Å²) >= 11 is 0.